The van der Waals surface area contributed by atoms with E-state index in [4.69, 9.17) is 5.11 Å². The minimum absolute atomic E-state index is 0.0267. The Hall–Kier alpha value is -2.58. The Labute approximate surface area is 198 Å². The number of rotatable bonds is 7. The van der Waals surface area contributed by atoms with E-state index in [1.165, 1.54) is 24.3 Å². The number of ether oxygens (including phenoxy) is 1. The zero-order valence-electron chi connectivity index (χ0n) is 19.6. The summed E-state index contributed by atoms with van der Waals surface area (Å²) in [6, 6.07) is 13.1. The summed E-state index contributed by atoms with van der Waals surface area (Å²) in [7, 11) is 0. The van der Waals surface area contributed by atoms with Gasteiger partial charge in [0.15, 0.2) is 0 Å². The first kappa shape index (κ1) is 26.0. The average molecular weight is 479 g/mol. The van der Waals surface area contributed by atoms with Gasteiger partial charge < -0.3 is 20.1 Å². The summed E-state index contributed by atoms with van der Waals surface area (Å²) in [6.45, 7) is 4.96. The first-order chi connectivity index (χ1) is 16.4. The highest BCUT2D eigenvalue weighted by Gasteiger charge is 2.45. The number of carbonyl (C=O) groups is 1. The molecule has 3 atom stereocenters. The first-order valence-corrected chi connectivity index (χ1v) is 12.0. The summed E-state index contributed by atoms with van der Waals surface area (Å²) >= 11 is 0. The Morgan fingerprint density at radius 3 is 2.47 bits per heavy atom. The number of para-hydroxylation sites is 1. The molecule has 2 aromatic rings. The van der Waals surface area contributed by atoms with Crippen LogP contribution in [0.1, 0.15) is 67.9 Å². The molecular formula is C26H33F3N2O3. The number of amides is 1. The van der Waals surface area contributed by atoms with Crippen LogP contribution < -0.4 is 15.0 Å². The Kier molecular flexibility index (Phi) is 8.97. The van der Waals surface area contributed by atoms with Gasteiger partial charge in [0.1, 0.15) is 5.75 Å². The number of hydrogen-bond donors (Lipinski definition) is 2. The number of alkyl halides is 3. The van der Waals surface area contributed by atoms with Crippen molar-refractivity contribution in [3.05, 3.63) is 59.7 Å². The second-order valence-electron chi connectivity index (χ2n) is 8.33. The molecule has 3 unspecified atom stereocenters. The number of unbranched alkanes of at least 4 members (excludes halogenated alkanes) is 1. The molecule has 1 amide bonds. The highest BCUT2D eigenvalue weighted by Crippen LogP contribution is 2.48. The number of hydrogen-bond acceptors (Lipinski definition) is 4. The molecule has 1 aliphatic heterocycles. The quantitative estimate of drug-likeness (QED) is 0.491. The third-order valence-corrected chi connectivity index (χ3v) is 6.33. The molecule has 0 spiro atoms. The second kappa shape index (κ2) is 11.7. The van der Waals surface area contributed by atoms with Crippen LogP contribution in [0.2, 0.25) is 0 Å². The van der Waals surface area contributed by atoms with Crippen LogP contribution in [0.25, 0.3) is 0 Å². The molecule has 34 heavy (non-hydrogen) atoms. The van der Waals surface area contributed by atoms with Gasteiger partial charge in [-0.05, 0) is 74.0 Å². The molecule has 4 rings (SSSR count). The SMILES string of the molecule is CC.O=C(c1ccc(OC(F)(F)F)cc1)N1c2ccccc2C(NCCCCO)C2CCCC21. The number of aliphatic hydroxyl groups excluding tert-OH is 1. The van der Waals surface area contributed by atoms with Gasteiger partial charge in [0.25, 0.3) is 5.91 Å². The van der Waals surface area contributed by atoms with Gasteiger partial charge in [-0.15, -0.1) is 13.2 Å². The molecule has 1 aliphatic carbocycles. The monoisotopic (exact) mass is 478 g/mol. The number of nitrogens with one attached hydrogen (secondary N) is 1. The number of nitrogens with zero attached hydrogens (tertiary/aromatic N) is 1. The van der Waals surface area contributed by atoms with Gasteiger partial charge in [-0.1, -0.05) is 38.5 Å². The predicted octanol–water partition coefficient (Wildman–Crippen LogP) is 5.84. The number of carbonyl (C=O) groups excluding carboxylic acids is 1. The van der Waals surface area contributed by atoms with Gasteiger partial charge in [0.05, 0.1) is 0 Å². The summed E-state index contributed by atoms with van der Waals surface area (Å²) in [6.07, 6.45) is -0.253. The highest BCUT2D eigenvalue weighted by atomic mass is 19.4. The van der Waals surface area contributed by atoms with Gasteiger partial charge in [0, 0.05) is 29.9 Å². The van der Waals surface area contributed by atoms with E-state index in [-0.39, 0.29) is 36.3 Å². The molecule has 5 nitrogen and oxygen atoms in total. The molecule has 1 saturated carbocycles. The predicted molar refractivity (Wildman–Crippen MR) is 126 cm³/mol. The minimum atomic E-state index is -4.77. The van der Waals surface area contributed by atoms with Crippen LogP contribution >= 0.6 is 0 Å². The second-order valence-corrected chi connectivity index (χ2v) is 8.33. The lowest BCUT2D eigenvalue weighted by atomic mass is 9.82. The smallest absolute Gasteiger partial charge is 0.406 e. The van der Waals surface area contributed by atoms with Crippen molar-refractivity contribution in [3.63, 3.8) is 0 Å². The third-order valence-electron chi connectivity index (χ3n) is 6.33. The Balaban J connectivity index is 0.00000158. The summed E-state index contributed by atoms with van der Waals surface area (Å²) in [5.41, 5.74) is 2.23. The van der Waals surface area contributed by atoms with Crippen LogP contribution in [-0.2, 0) is 0 Å². The lowest BCUT2D eigenvalue weighted by Crippen LogP contribution is -2.50. The van der Waals surface area contributed by atoms with Gasteiger partial charge in [-0.25, -0.2) is 0 Å². The van der Waals surface area contributed by atoms with Crippen molar-refractivity contribution in [3.8, 4) is 5.75 Å². The van der Waals surface area contributed by atoms with Crippen molar-refractivity contribution in [1.82, 2.24) is 5.32 Å². The van der Waals surface area contributed by atoms with Crippen LogP contribution in [0.3, 0.4) is 0 Å². The van der Waals surface area contributed by atoms with Crippen molar-refractivity contribution in [2.45, 2.75) is 64.4 Å². The van der Waals surface area contributed by atoms with Gasteiger partial charge in [-0.3, -0.25) is 4.79 Å². The fourth-order valence-electron chi connectivity index (χ4n) is 5.01. The standard InChI is InChI=1S/C24H27F3N2O3.C2H6/c25-24(26,27)32-17-12-10-16(11-13-17)23(31)29-20-8-2-1-6-18(20)22(28-14-3-4-15-30)19-7-5-9-21(19)29;1-2/h1-2,6,8,10-13,19,21-22,28,30H,3-5,7,9,14-15H2;1-2H3. The number of aliphatic hydroxyl groups is 1. The summed E-state index contributed by atoms with van der Waals surface area (Å²) in [5.74, 6) is -0.304. The van der Waals surface area contributed by atoms with Gasteiger partial charge >= 0.3 is 6.36 Å². The third kappa shape index (κ3) is 5.91. The zero-order valence-corrected chi connectivity index (χ0v) is 19.6. The molecule has 8 heteroatoms. The molecule has 186 valence electrons. The molecule has 2 N–H and O–H groups in total. The lowest BCUT2D eigenvalue weighted by Gasteiger charge is -2.44. The molecule has 2 aromatic carbocycles. The largest absolute Gasteiger partial charge is 0.573 e. The number of anilines is 1. The number of benzene rings is 2. The van der Waals surface area contributed by atoms with E-state index in [2.05, 4.69) is 10.1 Å². The zero-order chi connectivity index (χ0) is 24.7. The van der Waals surface area contributed by atoms with E-state index in [0.717, 1.165) is 49.9 Å². The van der Waals surface area contributed by atoms with Crippen LogP contribution in [0.15, 0.2) is 48.5 Å². The van der Waals surface area contributed by atoms with E-state index in [9.17, 15) is 18.0 Å². The maximum atomic E-state index is 13.5. The van der Waals surface area contributed by atoms with E-state index in [1.807, 2.05) is 43.0 Å². The first-order valence-electron chi connectivity index (χ1n) is 12.0. The Morgan fingerprint density at radius 2 is 1.79 bits per heavy atom. The molecule has 1 heterocycles. The number of fused-ring (bicyclic) bond motifs is 2. The van der Waals surface area contributed by atoms with E-state index in [1.54, 1.807) is 0 Å². The van der Waals surface area contributed by atoms with Crippen molar-refractivity contribution in [2.24, 2.45) is 5.92 Å². The van der Waals surface area contributed by atoms with Crippen LogP contribution in [-0.4, -0.2) is 36.6 Å². The summed E-state index contributed by atoms with van der Waals surface area (Å²) < 4.78 is 41.3. The van der Waals surface area contributed by atoms with Gasteiger partial charge in [-0.2, -0.15) is 0 Å². The van der Waals surface area contributed by atoms with Gasteiger partial charge in [0.2, 0.25) is 0 Å². The average Bonchev–Trinajstić information content (AvgIpc) is 3.31. The fraction of sp³-hybridized carbons (Fsp3) is 0.500. The van der Waals surface area contributed by atoms with Crippen LogP contribution in [0, 0.1) is 5.92 Å². The highest BCUT2D eigenvalue weighted by molar-refractivity contribution is 6.07. The topological polar surface area (TPSA) is 61.8 Å². The molecule has 0 aromatic heterocycles. The van der Waals surface area contributed by atoms with Crippen molar-refractivity contribution in [1.29, 1.82) is 0 Å². The van der Waals surface area contributed by atoms with Crippen LogP contribution in [0.4, 0.5) is 18.9 Å². The van der Waals surface area contributed by atoms with Crippen molar-refractivity contribution >= 4 is 11.6 Å². The molecule has 0 saturated heterocycles. The lowest BCUT2D eigenvalue weighted by molar-refractivity contribution is -0.274. The molecule has 2 aliphatic rings. The van der Waals surface area contributed by atoms with Crippen molar-refractivity contribution < 1.29 is 27.8 Å². The molecule has 0 radical (unpaired) electrons. The molecule has 0 bridgehead atoms. The maximum Gasteiger partial charge on any atom is 0.573 e. The fourth-order valence-corrected chi connectivity index (χ4v) is 5.01. The Morgan fingerprint density at radius 1 is 1.09 bits per heavy atom. The van der Waals surface area contributed by atoms with E-state index < -0.39 is 6.36 Å². The normalized spacial score (nSPS) is 21.2. The molecular weight excluding hydrogens is 445 g/mol. The van der Waals surface area contributed by atoms with E-state index >= 15 is 0 Å². The molecule has 1 fully saturated rings. The minimum Gasteiger partial charge on any atom is -0.406 e. The van der Waals surface area contributed by atoms with E-state index in [0.29, 0.717) is 5.56 Å². The summed E-state index contributed by atoms with van der Waals surface area (Å²) in [5, 5.41) is 12.7. The van der Waals surface area contributed by atoms with Crippen molar-refractivity contribution in [2.75, 3.05) is 18.1 Å². The Bertz CT molecular complexity index is 934. The maximum absolute atomic E-state index is 13.5. The number of halogens is 3. The summed E-state index contributed by atoms with van der Waals surface area (Å²) in [4.78, 5) is 15.4. The van der Waals surface area contributed by atoms with Crippen LogP contribution in [0.5, 0.6) is 5.75 Å².